The van der Waals surface area contributed by atoms with E-state index in [4.69, 9.17) is 0 Å². The number of benzene rings is 1. The van der Waals surface area contributed by atoms with Crippen molar-refractivity contribution in [3.63, 3.8) is 0 Å². The molecule has 1 aromatic rings. The van der Waals surface area contributed by atoms with Gasteiger partial charge in [0.2, 0.25) is 0 Å². The second-order valence-electron chi connectivity index (χ2n) is 10.4. The first kappa shape index (κ1) is 19.2. The van der Waals surface area contributed by atoms with Crippen molar-refractivity contribution in [2.24, 2.45) is 0 Å². The van der Waals surface area contributed by atoms with Crippen LogP contribution < -0.4 is 3.80 Å². The van der Waals surface area contributed by atoms with Gasteiger partial charge in [0.1, 0.15) is 0 Å². The number of fused-ring (bicyclic) bond motifs is 2. The van der Waals surface area contributed by atoms with Gasteiger partial charge in [0.05, 0.1) is 0 Å². The molecule has 0 radical (unpaired) electrons. The van der Waals surface area contributed by atoms with E-state index in [1.807, 2.05) is 0 Å². The van der Waals surface area contributed by atoms with Gasteiger partial charge in [-0.25, -0.2) is 0 Å². The van der Waals surface area contributed by atoms with Gasteiger partial charge in [0.25, 0.3) is 0 Å². The summed E-state index contributed by atoms with van der Waals surface area (Å²) in [5.41, 5.74) is 8.19. The molecule has 0 heterocycles. The molecule has 1 atom stereocenters. The summed E-state index contributed by atoms with van der Waals surface area (Å²) < 4.78 is 5.19. The number of rotatable bonds is 3. The molecule has 1 N–H and O–H groups in total. The van der Waals surface area contributed by atoms with Gasteiger partial charge < -0.3 is 0 Å². The minimum atomic E-state index is -2.89. The van der Waals surface area contributed by atoms with Gasteiger partial charge in [-0.05, 0) is 0 Å². The van der Waals surface area contributed by atoms with Crippen LogP contribution in [-0.4, -0.2) is 12.2 Å². The molecule has 1 unspecified atom stereocenters. The second-order valence-corrected chi connectivity index (χ2v) is 32.6. The van der Waals surface area contributed by atoms with Crippen LogP contribution in [0.15, 0.2) is 17.7 Å². The molecule has 0 aromatic heterocycles. The Balaban J connectivity index is 1.81. The molecular weight excluding hydrogens is 366 g/mol. The maximum atomic E-state index is 4.49. The van der Waals surface area contributed by atoms with Gasteiger partial charge in [0.15, 0.2) is 0 Å². The van der Waals surface area contributed by atoms with Crippen molar-refractivity contribution >= 4 is 12.3 Å². The van der Waals surface area contributed by atoms with Crippen molar-refractivity contribution in [2.75, 3.05) is 0 Å². The Hall–Kier alpha value is -0.149. The third-order valence-electron chi connectivity index (χ3n) is 8.11. The number of hydrogen-bond acceptors (Lipinski definition) is 1. The first-order chi connectivity index (χ1) is 12.3. The molecule has 1 aromatic carbocycles. The van der Waals surface area contributed by atoms with Gasteiger partial charge in [-0.2, -0.15) is 0 Å². The predicted molar refractivity (Wildman–Crippen MR) is 114 cm³/mol. The van der Waals surface area contributed by atoms with Crippen LogP contribution in [0.5, 0.6) is 0 Å². The third-order valence-corrected chi connectivity index (χ3v) is 33.3. The van der Waals surface area contributed by atoms with Gasteiger partial charge in [0, 0.05) is 0 Å². The third kappa shape index (κ3) is 3.05. The molecule has 0 aliphatic heterocycles. The first-order valence-corrected chi connectivity index (χ1v) is 20.6. The average Bonchev–Trinajstić information content (AvgIpc) is 3.15. The van der Waals surface area contributed by atoms with Crippen molar-refractivity contribution in [3.8, 4) is 0 Å². The van der Waals surface area contributed by atoms with Gasteiger partial charge >= 0.3 is 162 Å². The van der Waals surface area contributed by atoms with Crippen LogP contribution in [0, 0.1) is 0 Å². The molecule has 0 saturated heterocycles. The van der Waals surface area contributed by atoms with E-state index in [0.29, 0.717) is 4.22 Å². The van der Waals surface area contributed by atoms with Crippen LogP contribution in [0.3, 0.4) is 0 Å². The molecule has 0 amide bonds. The molecule has 3 aliphatic carbocycles. The molecule has 26 heavy (non-hydrogen) atoms. The molecular formula is C23H37NSiTi. The van der Waals surface area contributed by atoms with Crippen molar-refractivity contribution in [2.45, 2.75) is 92.1 Å². The summed E-state index contributed by atoms with van der Waals surface area (Å²) >= 11 is -2.89. The Morgan fingerprint density at radius 1 is 0.962 bits per heavy atom. The molecule has 1 saturated carbocycles. The van der Waals surface area contributed by atoms with Crippen molar-refractivity contribution in [1.82, 2.24) is 3.80 Å². The van der Waals surface area contributed by atoms with Crippen LogP contribution in [0.1, 0.15) is 71.9 Å². The van der Waals surface area contributed by atoms with E-state index >= 15 is 0 Å². The topological polar surface area (TPSA) is 12.0 Å². The van der Waals surface area contributed by atoms with Gasteiger partial charge in [-0.3, -0.25) is 0 Å². The molecule has 0 bridgehead atoms. The fourth-order valence-corrected chi connectivity index (χ4v) is 20.3. The molecule has 4 rings (SSSR count). The zero-order valence-corrected chi connectivity index (χ0v) is 20.1. The summed E-state index contributed by atoms with van der Waals surface area (Å²) in [4.78, 5) is 0. The van der Waals surface area contributed by atoms with E-state index in [9.17, 15) is 0 Å². The summed E-state index contributed by atoms with van der Waals surface area (Å²) in [5.74, 6) is 0. The Morgan fingerprint density at radius 2 is 1.62 bits per heavy atom. The standard InChI is InChI=1S/C13H13.C6H12N.C2H6Si.2CH3.Ti/c1-9-5-12-7-10-3-2-4-11(10)8-13(12)6-9;7-6-4-2-1-3-5-6;1-3-2;;;/h5-8H,2-4H2,1H3;6-7H,1-5H2;1-2H3;2*1H3;/q;-1;;;;+1. The fraction of sp³-hybridized carbons (Fsp3) is 0.652. The molecule has 0 spiro atoms. The average molecular weight is 404 g/mol. The molecule has 3 heteroatoms. The van der Waals surface area contributed by atoms with E-state index < -0.39 is 20.5 Å². The number of allylic oxidation sites excluding steroid dienone is 1. The van der Waals surface area contributed by atoms with E-state index in [-0.39, 0.29) is 0 Å². The van der Waals surface area contributed by atoms with E-state index in [0.717, 1.165) is 6.04 Å². The van der Waals surface area contributed by atoms with Crippen LogP contribution >= 0.6 is 0 Å². The monoisotopic (exact) mass is 403 g/mol. The van der Waals surface area contributed by atoms with Crippen molar-refractivity contribution < 1.29 is 14.3 Å². The Labute approximate surface area is 162 Å². The number of hydrogen-bond donors (Lipinski definition) is 1. The maximum absolute atomic E-state index is 4.49. The second kappa shape index (κ2) is 6.72. The van der Waals surface area contributed by atoms with Crippen LogP contribution in [-0.2, 0) is 27.1 Å². The Kier molecular flexibility index (Phi) is 4.96. The molecule has 3 aliphatic rings. The summed E-state index contributed by atoms with van der Waals surface area (Å²) in [6, 6.07) is 5.96. The Morgan fingerprint density at radius 3 is 2.27 bits per heavy atom. The SMILES string of the molecule is CC1=Cc2cc3c(cc2[CH]1[Ti]([CH3])([CH3])([NH]C1CCCCC1)=[Si](C)C)CCC3. The van der Waals surface area contributed by atoms with E-state index in [2.05, 4.69) is 52.5 Å². The molecule has 1 fully saturated rings. The quantitative estimate of drug-likeness (QED) is 0.568. The van der Waals surface area contributed by atoms with E-state index in [1.165, 1.54) is 51.4 Å². The molecule has 142 valence electrons. The van der Waals surface area contributed by atoms with Crippen LogP contribution in [0.2, 0.25) is 23.6 Å². The summed E-state index contributed by atoms with van der Waals surface area (Å²) in [6.07, 6.45) is 13.2. The zero-order valence-electron chi connectivity index (χ0n) is 17.5. The van der Waals surface area contributed by atoms with Crippen molar-refractivity contribution in [3.05, 3.63) is 40.0 Å². The van der Waals surface area contributed by atoms with Crippen LogP contribution in [0.4, 0.5) is 0 Å². The summed E-state index contributed by atoms with van der Waals surface area (Å²) in [6.45, 7) is 7.64. The zero-order chi connectivity index (χ0) is 18.6. The van der Waals surface area contributed by atoms with E-state index in [1.54, 1.807) is 27.8 Å². The fourth-order valence-electron chi connectivity index (χ4n) is 6.15. The minimum absolute atomic E-state index is 0.400. The van der Waals surface area contributed by atoms with Gasteiger partial charge in [-0.15, -0.1) is 0 Å². The summed E-state index contributed by atoms with van der Waals surface area (Å²) in [5, 5.41) is 5.51. The predicted octanol–water partition coefficient (Wildman–Crippen LogP) is 6.51. The normalized spacial score (nSPS) is 23.6. The summed E-state index contributed by atoms with van der Waals surface area (Å²) in [7, 11) is 0. The Bertz CT molecular complexity index is 832. The number of aryl methyl sites for hydroxylation is 2. The molecule has 1 nitrogen and oxygen atoms in total. The van der Waals surface area contributed by atoms with Crippen LogP contribution in [0.25, 0.3) is 6.08 Å². The van der Waals surface area contributed by atoms with Crippen molar-refractivity contribution in [1.29, 1.82) is 0 Å². The number of nitrogens with one attached hydrogen (secondary N) is 1. The van der Waals surface area contributed by atoms with Gasteiger partial charge in [-0.1, -0.05) is 0 Å². The first-order valence-electron chi connectivity index (χ1n) is 10.9.